The van der Waals surface area contributed by atoms with Gasteiger partial charge in [0, 0.05) is 19.2 Å². The SMILES string of the molecule is Cc1nc(Cc2ccccc2)n(C)c1C. The molecule has 0 aliphatic heterocycles. The summed E-state index contributed by atoms with van der Waals surface area (Å²) in [5.74, 6) is 1.14. The van der Waals surface area contributed by atoms with E-state index >= 15 is 0 Å². The van der Waals surface area contributed by atoms with Gasteiger partial charge in [-0.25, -0.2) is 4.98 Å². The van der Waals surface area contributed by atoms with Crippen LogP contribution in [0.4, 0.5) is 0 Å². The number of aryl methyl sites for hydroxylation is 1. The van der Waals surface area contributed by atoms with Crippen LogP contribution in [0.3, 0.4) is 0 Å². The fourth-order valence-electron chi connectivity index (χ4n) is 1.72. The van der Waals surface area contributed by atoms with Crippen LogP contribution in [0.2, 0.25) is 0 Å². The van der Waals surface area contributed by atoms with Crippen LogP contribution in [0.5, 0.6) is 0 Å². The van der Waals surface area contributed by atoms with Gasteiger partial charge in [0.2, 0.25) is 0 Å². The highest BCUT2D eigenvalue weighted by molar-refractivity contribution is 5.22. The molecule has 0 radical (unpaired) electrons. The van der Waals surface area contributed by atoms with Crippen molar-refractivity contribution in [3.8, 4) is 0 Å². The third-order valence-corrected chi connectivity index (χ3v) is 2.92. The number of nitrogens with zero attached hydrogens (tertiary/aromatic N) is 2. The van der Waals surface area contributed by atoms with E-state index in [-0.39, 0.29) is 0 Å². The van der Waals surface area contributed by atoms with Crippen LogP contribution in [0.1, 0.15) is 22.8 Å². The van der Waals surface area contributed by atoms with Gasteiger partial charge in [-0.05, 0) is 19.4 Å². The van der Waals surface area contributed by atoms with Crippen LogP contribution in [0.25, 0.3) is 0 Å². The number of benzene rings is 1. The number of aromatic nitrogens is 2. The first kappa shape index (κ1) is 9.97. The Morgan fingerprint density at radius 3 is 2.33 bits per heavy atom. The standard InChI is InChI=1S/C13H16N2/c1-10-11(2)15(3)13(14-10)9-12-7-5-4-6-8-12/h4-8H,9H2,1-3H3. The third kappa shape index (κ3) is 1.94. The molecule has 0 aliphatic carbocycles. The lowest BCUT2D eigenvalue weighted by Gasteiger charge is -2.02. The number of hydrogen-bond donors (Lipinski definition) is 0. The Hall–Kier alpha value is -1.57. The summed E-state index contributed by atoms with van der Waals surface area (Å²) >= 11 is 0. The molecule has 0 amide bonds. The second-order valence-corrected chi connectivity index (χ2v) is 3.92. The summed E-state index contributed by atoms with van der Waals surface area (Å²) in [6.45, 7) is 4.17. The highest BCUT2D eigenvalue weighted by Crippen LogP contribution is 2.12. The predicted molar refractivity (Wildman–Crippen MR) is 61.9 cm³/mol. The average molecular weight is 200 g/mol. The molecule has 0 unspecified atom stereocenters. The molecule has 1 aromatic carbocycles. The van der Waals surface area contributed by atoms with Crippen molar-refractivity contribution >= 4 is 0 Å². The van der Waals surface area contributed by atoms with Crippen LogP contribution in [0, 0.1) is 13.8 Å². The van der Waals surface area contributed by atoms with Crippen molar-refractivity contribution in [3.05, 3.63) is 53.1 Å². The van der Waals surface area contributed by atoms with E-state index in [0.29, 0.717) is 0 Å². The van der Waals surface area contributed by atoms with Gasteiger partial charge in [-0.3, -0.25) is 0 Å². The van der Waals surface area contributed by atoms with Crippen LogP contribution in [-0.4, -0.2) is 9.55 Å². The Labute approximate surface area is 90.6 Å². The fourth-order valence-corrected chi connectivity index (χ4v) is 1.72. The van der Waals surface area contributed by atoms with Gasteiger partial charge in [-0.2, -0.15) is 0 Å². The second kappa shape index (κ2) is 3.89. The summed E-state index contributed by atoms with van der Waals surface area (Å²) in [6, 6.07) is 10.5. The molecule has 0 saturated carbocycles. The van der Waals surface area contributed by atoms with Crippen molar-refractivity contribution in [2.24, 2.45) is 7.05 Å². The van der Waals surface area contributed by atoms with Gasteiger partial charge in [-0.15, -0.1) is 0 Å². The molecule has 0 bridgehead atoms. The molecular formula is C13H16N2. The van der Waals surface area contributed by atoms with Crippen molar-refractivity contribution in [2.75, 3.05) is 0 Å². The minimum Gasteiger partial charge on any atom is -0.335 e. The van der Waals surface area contributed by atoms with Gasteiger partial charge in [0.15, 0.2) is 0 Å². The largest absolute Gasteiger partial charge is 0.335 e. The highest BCUT2D eigenvalue weighted by Gasteiger charge is 2.07. The van der Waals surface area contributed by atoms with E-state index in [0.717, 1.165) is 17.9 Å². The molecule has 0 saturated heterocycles. The van der Waals surface area contributed by atoms with Crippen molar-refractivity contribution in [1.29, 1.82) is 0 Å². The van der Waals surface area contributed by atoms with Gasteiger partial charge in [0.25, 0.3) is 0 Å². The Bertz CT molecular complexity index is 455. The lowest BCUT2D eigenvalue weighted by Crippen LogP contribution is -2.00. The van der Waals surface area contributed by atoms with Crippen LogP contribution in [0.15, 0.2) is 30.3 Å². The van der Waals surface area contributed by atoms with Crippen LogP contribution >= 0.6 is 0 Å². The first-order valence-electron chi connectivity index (χ1n) is 5.21. The summed E-state index contributed by atoms with van der Waals surface area (Å²) in [6.07, 6.45) is 0.909. The van der Waals surface area contributed by atoms with Gasteiger partial charge in [-0.1, -0.05) is 30.3 Å². The van der Waals surface area contributed by atoms with E-state index in [9.17, 15) is 0 Å². The number of hydrogen-bond acceptors (Lipinski definition) is 1. The Morgan fingerprint density at radius 1 is 1.13 bits per heavy atom. The maximum absolute atomic E-state index is 4.57. The van der Waals surface area contributed by atoms with E-state index in [1.807, 2.05) is 6.07 Å². The maximum Gasteiger partial charge on any atom is 0.113 e. The first-order chi connectivity index (χ1) is 7.18. The fraction of sp³-hybridized carbons (Fsp3) is 0.308. The normalized spacial score (nSPS) is 10.6. The van der Waals surface area contributed by atoms with Crippen molar-refractivity contribution in [1.82, 2.24) is 9.55 Å². The van der Waals surface area contributed by atoms with Crippen molar-refractivity contribution < 1.29 is 0 Å². The molecule has 2 heteroatoms. The molecule has 15 heavy (non-hydrogen) atoms. The monoisotopic (exact) mass is 200 g/mol. The average Bonchev–Trinajstić information content (AvgIpc) is 2.48. The molecule has 0 fully saturated rings. The zero-order valence-electron chi connectivity index (χ0n) is 9.49. The lowest BCUT2D eigenvalue weighted by atomic mass is 10.1. The molecule has 2 nitrogen and oxygen atoms in total. The van der Waals surface area contributed by atoms with Crippen molar-refractivity contribution in [3.63, 3.8) is 0 Å². The Kier molecular flexibility index (Phi) is 2.58. The zero-order valence-corrected chi connectivity index (χ0v) is 9.49. The molecule has 0 spiro atoms. The van der Waals surface area contributed by atoms with Gasteiger partial charge in [0.05, 0.1) is 5.69 Å². The summed E-state index contributed by atoms with van der Waals surface area (Å²) in [5, 5.41) is 0. The molecule has 0 N–H and O–H groups in total. The van der Waals surface area contributed by atoms with E-state index in [2.05, 4.69) is 54.7 Å². The molecule has 0 aliphatic rings. The molecule has 1 aromatic heterocycles. The summed E-state index contributed by atoms with van der Waals surface area (Å²) < 4.78 is 2.17. The predicted octanol–water partition coefficient (Wildman–Crippen LogP) is 2.63. The number of rotatable bonds is 2. The van der Waals surface area contributed by atoms with E-state index in [1.165, 1.54) is 11.3 Å². The molecule has 2 aromatic rings. The van der Waals surface area contributed by atoms with Crippen molar-refractivity contribution in [2.45, 2.75) is 20.3 Å². The van der Waals surface area contributed by atoms with E-state index in [4.69, 9.17) is 0 Å². The molecule has 1 heterocycles. The van der Waals surface area contributed by atoms with E-state index < -0.39 is 0 Å². The quantitative estimate of drug-likeness (QED) is 0.728. The first-order valence-corrected chi connectivity index (χ1v) is 5.21. The van der Waals surface area contributed by atoms with Gasteiger partial charge >= 0.3 is 0 Å². The third-order valence-electron chi connectivity index (χ3n) is 2.92. The summed E-state index contributed by atoms with van der Waals surface area (Å²) in [5.41, 5.74) is 3.69. The lowest BCUT2D eigenvalue weighted by molar-refractivity contribution is 0.797. The Morgan fingerprint density at radius 2 is 1.80 bits per heavy atom. The molecule has 2 rings (SSSR count). The number of imidazole rings is 1. The Balaban J connectivity index is 2.29. The van der Waals surface area contributed by atoms with Gasteiger partial charge in [0.1, 0.15) is 5.82 Å². The van der Waals surface area contributed by atoms with Crippen LogP contribution < -0.4 is 0 Å². The second-order valence-electron chi connectivity index (χ2n) is 3.92. The molecular weight excluding hydrogens is 184 g/mol. The summed E-state index contributed by atoms with van der Waals surface area (Å²) in [4.78, 5) is 4.57. The maximum atomic E-state index is 4.57. The van der Waals surface area contributed by atoms with Gasteiger partial charge < -0.3 is 4.57 Å². The zero-order chi connectivity index (χ0) is 10.8. The van der Waals surface area contributed by atoms with Crippen LogP contribution in [-0.2, 0) is 13.5 Å². The minimum atomic E-state index is 0.909. The minimum absolute atomic E-state index is 0.909. The molecule has 78 valence electrons. The summed E-state index contributed by atoms with van der Waals surface area (Å²) in [7, 11) is 2.08. The molecule has 0 atom stereocenters. The van der Waals surface area contributed by atoms with E-state index in [1.54, 1.807) is 0 Å². The highest BCUT2D eigenvalue weighted by atomic mass is 15.1. The topological polar surface area (TPSA) is 17.8 Å². The smallest absolute Gasteiger partial charge is 0.113 e.